The van der Waals surface area contributed by atoms with Crippen molar-refractivity contribution in [2.75, 3.05) is 12.4 Å². The second-order valence-corrected chi connectivity index (χ2v) is 4.55. The number of benzene rings is 1. The first-order chi connectivity index (χ1) is 9.51. The van der Waals surface area contributed by atoms with Gasteiger partial charge in [0.1, 0.15) is 0 Å². The van der Waals surface area contributed by atoms with E-state index in [2.05, 4.69) is 10.3 Å². The van der Waals surface area contributed by atoms with Gasteiger partial charge in [0, 0.05) is 23.6 Å². The maximum absolute atomic E-state index is 12.1. The van der Waals surface area contributed by atoms with Gasteiger partial charge in [-0.1, -0.05) is 11.6 Å². The molecule has 104 valence electrons. The Balaban J connectivity index is 2.21. The van der Waals surface area contributed by atoms with Crippen LogP contribution in [0.3, 0.4) is 0 Å². The minimum Gasteiger partial charge on any atom is -0.504 e. The number of methoxy groups -OCH3 is 1. The number of pyridine rings is 1. The topological polar surface area (TPSA) is 71.5 Å². The van der Waals surface area contributed by atoms with Crippen LogP contribution in [0.15, 0.2) is 30.5 Å². The molecule has 2 N–H and O–H groups in total. The number of aromatic nitrogens is 1. The third-order valence-electron chi connectivity index (χ3n) is 2.67. The van der Waals surface area contributed by atoms with Crippen LogP contribution in [0.4, 0.5) is 5.69 Å². The molecule has 0 saturated carbocycles. The lowest BCUT2D eigenvalue weighted by Gasteiger charge is -2.09. The number of hydrogen-bond acceptors (Lipinski definition) is 4. The van der Waals surface area contributed by atoms with Crippen LogP contribution in [0.2, 0.25) is 5.02 Å². The molecular weight excluding hydrogens is 280 g/mol. The smallest absolute Gasteiger partial charge is 0.258 e. The van der Waals surface area contributed by atoms with E-state index in [1.54, 1.807) is 25.1 Å². The Morgan fingerprint density at radius 1 is 1.40 bits per heavy atom. The van der Waals surface area contributed by atoms with Gasteiger partial charge in [0.2, 0.25) is 0 Å². The van der Waals surface area contributed by atoms with Gasteiger partial charge in [0.15, 0.2) is 11.5 Å². The highest BCUT2D eigenvalue weighted by Gasteiger charge is 2.12. The molecule has 0 fully saturated rings. The molecule has 0 aliphatic rings. The number of phenolic OH excluding ortho intramolecular Hbond substituents is 1. The fourth-order valence-corrected chi connectivity index (χ4v) is 1.95. The van der Waals surface area contributed by atoms with Crippen molar-refractivity contribution in [3.8, 4) is 11.5 Å². The lowest BCUT2D eigenvalue weighted by Crippen LogP contribution is -2.13. The van der Waals surface area contributed by atoms with Crippen LogP contribution in [0.25, 0.3) is 0 Å². The summed E-state index contributed by atoms with van der Waals surface area (Å²) in [5, 5.41) is 12.6. The highest BCUT2D eigenvalue weighted by molar-refractivity contribution is 6.34. The third kappa shape index (κ3) is 3.00. The lowest BCUT2D eigenvalue weighted by molar-refractivity contribution is 0.102. The van der Waals surface area contributed by atoms with E-state index in [9.17, 15) is 9.90 Å². The van der Waals surface area contributed by atoms with Crippen LogP contribution >= 0.6 is 11.6 Å². The summed E-state index contributed by atoms with van der Waals surface area (Å²) in [6.07, 6.45) is 1.41. The van der Waals surface area contributed by atoms with Crippen LogP contribution in [0, 0.1) is 6.92 Å². The Kier molecular flexibility index (Phi) is 4.10. The fourth-order valence-electron chi connectivity index (χ4n) is 1.66. The van der Waals surface area contributed by atoms with Gasteiger partial charge in [0.05, 0.1) is 17.7 Å². The average Bonchev–Trinajstić information content (AvgIpc) is 2.38. The predicted molar refractivity (Wildman–Crippen MR) is 76.6 cm³/mol. The Morgan fingerprint density at radius 3 is 2.75 bits per heavy atom. The number of carbonyl (C=O) groups is 1. The van der Waals surface area contributed by atoms with E-state index in [1.165, 1.54) is 19.4 Å². The van der Waals surface area contributed by atoms with Crippen LogP contribution in [0.5, 0.6) is 11.5 Å². The Bertz CT molecular complexity index is 659. The number of nitrogens with zero attached hydrogens (tertiary/aromatic N) is 1. The van der Waals surface area contributed by atoms with Crippen molar-refractivity contribution < 1.29 is 14.6 Å². The number of halogens is 1. The number of aryl methyl sites for hydroxylation is 1. The Labute approximate surface area is 121 Å². The summed E-state index contributed by atoms with van der Waals surface area (Å²) >= 11 is 6.00. The van der Waals surface area contributed by atoms with Gasteiger partial charge in [-0.05, 0) is 25.1 Å². The van der Waals surface area contributed by atoms with Crippen molar-refractivity contribution in [3.63, 3.8) is 0 Å². The molecule has 6 heteroatoms. The molecule has 0 bridgehead atoms. The number of aromatic hydroxyl groups is 1. The van der Waals surface area contributed by atoms with Crippen molar-refractivity contribution >= 4 is 23.2 Å². The third-order valence-corrected chi connectivity index (χ3v) is 2.98. The molecule has 1 aromatic heterocycles. The number of nitrogens with one attached hydrogen (secondary N) is 1. The number of anilines is 1. The van der Waals surface area contributed by atoms with Crippen LogP contribution in [-0.2, 0) is 0 Å². The lowest BCUT2D eigenvalue weighted by atomic mass is 10.2. The number of hydrogen-bond donors (Lipinski definition) is 2. The monoisotopic (exact) mass is 292 g/mol. The summed E-state index contributed by atoms with van der Waals surface area (Å²) in [6, 6.07) is 6.18. The zero-order valence-corrected chi connectivity index (χ0v) is 11.7. The number of phenols is 1. The van der Waals surface area contributed by atoms with E-state index in [-0.39, 0.29) is 11.3 Å². The van der Waals surface area contributed by atoms with Gasteiger partial charge in [-0.15, -0.1) is 0 Å². The Hall–Kier alpha value is -2.27. The molecule has 2 aromatic rings. The zero-order valence-electron chi connectivity index (χ0n) is 11.0. The largest absolute Gasteiger partial charge is 0.504 e. The summed E-state index contributed by atoms with van der Waals surface area (Å²) in [4.78, 5) is 16.1. The first-order valence-corrected chi connectivity index (χ1v) is 6.19. The number of ether oxygens (including phenoxy) is 1. The molecular formula is C14H13ClN2O3. The summed E-state index contributed by atoms with van der Waals surface area (Å²) in [5.41, 5.74) is 1.44. The minimum absolute atomic E-state index is 0.0570. The SMILES string of the molecule is COc1ccc(NC(=O)c2cnc(C)cc2Cl)cc1O. The van der Waals surface area contributed by atoms with Crippen LogP contribution < -0.4 is 10.1 Å². The fraction of sp³-hybridized carbons (Fsp3) is 0.143. The minimum atomic E-state index is -0.396. The molecule has 0 aliphatic heterocycles. The summed E-state index contributed by atoms with van der Waals surface area (Å²) in [5.74, 6) is -0.122. The van der Waals surface area contributed by atoms with Gasteiger partial charge in [-0.25, -0.2) is 0 Å². The maximum atomic E-state index is 12.1. The van der Waals surface area contributed by atoms with Crippen molar-refractivity contribution in [2.24, 2.45) is 0 Å². The molecule has 0 atom stereocenters. The van der Waals surface area contributed by atoms with Gasteiger partial charge < -0.3 is 15.2 Å². The number of carbonyl (C=O) groups excluding carboxylic acids is 1. The number of amides is 1. The predicted octanol–water partition coefficient (Wildman–Crippen LogP) is 3.01. The van der Waals surface area contributed by atoms with Gasteiger partial charge in [0.25, 0.3) is 5.91 Å². The van der Waals surface area contributed by atoms with E-state index >= 15 is 0 Å². The first-order valence-electron chi connectivity index (χ1n) is 5.81. The number of rotatable bonds is 3. The molecule has 0 spiro atoms. The van der Waals surface area contributed by atoms with Crippen molar-refractivity contribution in [1.82, 2.24) is 4.98 Å². The first kappa shape index (κ1) is 14.1. The van der Waals surface area contributed by atoms with Crippen molar-refractivity contribution in [2.45, 2.75) is 6.92 Å². The van der Waals surface area contributed by atoms with Crippen LogP contribution in [0.1, 0.15) is 16.1 Å². The van der Waals surface area contributed by atoms with Crippen LogP contribution in [-0.4, -0.2) is 23.1 Å². The average molecular weight is 293 g/mol. The molecule has 5 nitrogen and oxygen atoms in total. The van der Waals surface area contributed by atoms with E-state index in [1.807, 2.05) is 0 Å². The second kappa shape index (κ2) is 5.79. The van der Waals surface area contributed by atoms with E-state index in [0.717, 1.165) is 5.69 Å². The molecule has 0 aliphatic carbocycles. The van der Waals surface area contributed by atoms with Gasteiger partial charge in [-0.3, -0.25) is 9.78 Å². The quantitative estimate of drug-likeness (QED) is 0.912. The highest BCUT2D eigenvalue weighted by atomic mass is 35.5. The summed E-state index contributed by atoms with van der Waals surface area (Å²) < 4.78 is 4.93. The normalized spacial score (nSPS) is 10.2. The highest BCUT2D eigenvalue weighted by Crippen LogP contribution is 2.29. The molecule has 1 amide bonds. The van der Waals surface area contributed by atoms with Gasteiger partial charge in [-0.2, -0.15) is 0 Å². The second-order valence-electron chi connectivity index (χ2n) is 4.15. The zero-order chi connectivity index (χ0) is 14.7. The Morgan fingerprint density at radius 2 is 2.15 bits per heavy atom. The van der Waals surface area contributed by atoms with Crippen molar-refractivity contribution in [1.29, 1.82) is 0 Å². The molecule has 0 radical (unpaired) electrons. The van der Waals surface area contributed by atoms with E-state index in [4.69, 9.17) is 16.3 Å². The molecule has 20 heavy (non-hydrogen) atoms. The van der Waals surface area contributed by atoms with E-state index in [0.29, 0.717) is 16.5 Å². The molecule has 0 unspecified atom stereocenters. The molecule has 0 saturated heterocycles. The summed E-state index contributed by atoms with van der Waals surface area (Å²) in [7, 11) is 1.45. The maximum Gasteiger partial charge on any atom is 0.258 e. The van der Waals surface area contributed by atoms with Crippen molar-refractivity contribution in [3.05, 3.63) is 46.7 Å². The van der Waals surface area contributed by atoms with Gasteiger partial charge >= 0.3 is 0 Å². The molecule has 2 rings (SSSR count). The summed E-state index contributed by atoms with van der Waals surface area (Å²) in [6.45, 7) is 1.79. The molecule has 1 heterocycles. The standard InChI is InChI=1S/C14H13ClN2O3/c1-8-5-11(15)10(7-16-8)14(19)17-9-3-4-13(20-2)12(18)6-9/h3-7,18H,1-2H3,(H,17,19). The van der Waals surface area contributed by atoms with E-state index < -0.39 is 5.91 Å². The molecule has 1 aromatic carbocycles.